The van der Waals surface area contributed by atoms with Gasteiger partial charge in [0.2, 0.25) is 5.91 Å². The number of rotatable bonds is 8. The first-order chi connectivity index (χ1) is 9.85. The monoisotopic (exact) mass is 331 g/mol. The van der Waals surface area contributed by atoms with Crippen LogP contribution in [0, 0.1) is 0 Å². The molecule has 1 aromatic rings. The number of amides is 1. The van der Waals surface area contributed by atoms with Gasteiger partial charge in [-0.3, -0.25) is 4.79 Å². The van der Waals surface area contributed by atoms with Gasteiger partial charge in [0, 0.05) is 11.1 Å². The second-order valence-corrected chi connectivity index (χ2v) is 7.60. The minimum Gasteiger partial charge on any atom is -0.353 e. The molecule has 1 unspecified atom stereocenters. The van der Waals surface area contributed by atoms with Gasteiger partial charge in [0.15, 0.2) is 9.84 Å². The summed E-state index contributed by atoms with van der Waals surface area (Å²) in [5, 5.41) is 3.19. The second-order valence-electron chi connectivity index (χ2n) is 5.18. The number of hydrogen-bond donors (Lipinski definition) is 1. The van der Waals surface area contributed by atoms with Gasteiger partial charge in [-0.05, 0) is 37.6 Å². The number of halogens is 1. The molecule has 118 valence electrons. The third kappa shape index (κ3) is 6.48. The quantitative estimate of drug-likeness (QED) is 0.744. The molecule has 1 aromatic carbocycles. The Labute approximate surface area is 131 Å². The van der Waals surface area contributed by atoms with Crippen molar-refractivity contribution in [2.24, 2.45) is 0 Å². The third-order valence-corrected chi connectivity index (χ3v) is 5.03. The predicted octanol–water partition coefficient (Wildman–Crippen LogP) is 3.20. The molecule has 0 bridgehead atoms. The lowest BCUT2D eigenvalue weighted by Crippen LogP contribution is -2.36. The summed E-state index contributed by atoms with van der Waals surface area (Å²) in [6.45, 7) is 4.00. The van der Waals surface area contributed by atoms with Crippen molar-refractivity contribution in [2.75, 3.05) is 5.75 Å². The smallest absolute Gasteiger partial charge is 0.235 e. The maximum absolute atomic E-state index is 12.1. The van der Waals surface area contributed by atoms with E-state index in [4.69, 9.17) is 11.6 Å². The van der Waals surface area contributed by atoms with Crippen LogP contribution in [0.4, 0.5) is 0 Å². The molecule has 1 N–H and O–H groups in total. The molecule has 4 nitrogen and oxygen atoms in total. The van der Waals surface area contributed by atoms with E-state index < -0.39 is 21.5 Å². The lowest BCUT2D eigenvalue weighted by atomic mass is 10.1. The maximum atomic E-state index is 12.1. The van der Waals surface area contributed by atoms with Crippen molar-refractivity contribution >= 4 is 27.3 Å². The van der Waals surface area contributed by atoms with Crippen LogP contribution < -0.4 is 5.32 Å². The van der Waals surface area contributed by atoms with Crippen LogP contribution in [0.15, 0.2) is 29.2 Å². The maximum Gasteiger partial charge on any atom is 0.235 e. The normalized spacial score (nSPS) is 12.9. The van der Waals surface area contributed by atoms with E-state index in [0.29, 0.717) is 5.02 Å². The zero-order chi connectivity index (χ0) is 15.9. The van der Waals surface area contributed by atoms with Crippen LogP contribution in [0.25, 0.3) is 0 Å². The van der Waals surface area contributed by atoms with Gasteiger partial charge >= 0.3 is 0 Å². The molecule has 0 heterocycles. The fraction of sp³-hybridized carbons (Fsp3) is 0.533. The van der Waals surface area contributed by atoms with E-state index in [1.807, 2.05) is 6.92 Å². The van der Waals surface area contributed by atoms with E-state index in [2.05, 4.69) is 12.2 Å². The van der Waals surface area contributed by atoms with Crippen LogP contribution in [0.3, 0.4) is 0 Å². The molecular weight excluding hydrogens is 310 g/mol. The molecule has 0 radical (unpaired) electrons. The van der Waals surface area contributed by atoms with Crippen molar-refractivity contribution in [1.82, 2.24) is 5.32 Å². The second kappa shape index (κ2) is 8.39. The average molecular weight is 332 g/mol. The molecule has 0 spiro atoms. The molecule has 0 saturated carbocycles. The minimum absolute atomic E-state index is 0.00975. The molecule has 1 atom stereocenters. The van der Waals surface area contributed by atoms with E-state index in [1.165, 1.54) is 24.3 Å². The molecule has 1 rings (SSSR count). The summed E-state index contributed by atoms with van der Waals surface area (Å²) in [7, 11) is -3.62. The number of carbonyl (C=O) groups is 1. The van der Waals surface area contributed by atoms with Gasteiger partial charge in [-0.1, -0.05) is 37.8 Å². The minimum atomic E-state index is -3.62. The lowest BCUT2D eigenvalue weighted by Gasteiger charge is -2.13. The van der Waals surface area contributed by atoms with Gasteiger partial charge < -0.3 is 5.32 Å². The summed E-state index contributed by atoms with van der Waals surface area (Å²) >= 11 is 5.72. The topological polar surface area (TPSA) is 63.2 Å². The number of carbonyl (C=O) groups excluding carboxylic acids is 1. The zero-order valence-corrected chi connectivity index (χ0v) is 14.0. The molecule has 21 heavy (non-hydrogen) atoms. The zero-order valence-electron chi connectivity index (χ0n) is 12.4. The van der Waals surface area contributed by atoms with Crippen LogP contribution in [0.2, 0.25) is 5.02 Å². The Morgan fingerprint density at radius 2 is 1.86 bits per heavy atom. The van der Waals surface area contributed by atoms with Gasteiger partial charge in [0.1, 0.15) is 5.75 Å². The predicted molar refractivity (Wildman–Crippen MR) is 85.3 cm³/mol. The molecule has 0 saturated heterocycles. The summed E-state index contributed by atoms with van der Waals surface area (Å²) < 4.78 is 24.2. The van der Waals surface area contributed by atoms with E-state index in [-0.39, 0.29) is 10.9 Å². The molecule has 1 amide bonds. The highest BCUT2D eigenvalue weighted by Crippen LogP contribution is 2.15. The Bertz CT molecular complexity index is 555. The highest BCUT2D eigenvalue weighted by atomic mass is 35.5. The van der Waals surface area contributed by atoms with E-state index in [9.17, 15) is 13.2 Å². The summed E-state index contributed by atoms with van der Waals surface area (Å²) in [5.41, 5.74) is 0. The number of sulfone groups is 1. The van der Waals surface area contributed by atoms with E-state index >= 15 is 0 Å². The standard InChI is InChI=1S/C15H22ClNO3S/c1-3-4-5-6-12(2)17-15(18)11-21(19,20)14-9-7-13(16)8-10-14/h7-10,12H,3-6,11H2,1-2H3,(H,17,18). The van der Waals surface area contributed by atoms with Crippen molar-refractivity contribution in [3.8, 4) is 0 Å². The highest BCUT2D eigenvalue weighted by molar-refractivity contribution is 7.92. The molecule has 0 aromatic heterocycles. The fourth-order valence-corrected chi connectivity index (χ4v) is 3.26. The van der Waals surface area contributed by atoms with Crippen molar-refractivity contribution < 1.29 is 13.2 Å². The number of hydrogen-bond acceptors (Lipinski definition) is 3. The summed E-state index contributed by atoms with van der Waals surface area (Å²) in [6.07, 6.45) is 4.12. The fourth-order valence-electron chi connectivity index (χ4n) is 1.99. The van der Waals surface area contributed by atoms with Gasteiger partial charge in [0.25, 0.3) is 0 Å². The SMILES string of the molecule is CCCCCC(C)NC(=O)CS(=O)(=O)c1ccc(Cl)cc1. The van der Waals surface area contributed by atoms with Crippen LogP contribution in [-0.4, -0.2) is 26.1 Å². The largest absolute Gasteiger partial charge is 0.353 e. The van der Waals surface area contributed by atoms with E-state index in [1.54, 1.807) is 0 Å². The first-order valence-corrected chi connectivity index (χ1v) is 9.16. The first-order valence-electron chi connectivity index (χ1n) is 7.13. The summed E-state index contributed by atoms with van der Waals surface area (Å²) in [5.74, 6) is -0.999. The molecule has 0 aliphatic heterocycles. The van der Waals surface area contributed by atoms with Gasteiger partial charge in [-0.2, -0.15) is 0 Å². The van der Waals surface area contributed by atoms with Crippen LogP contribution in [0.5, 0.6) is 0 Å². The Kier molecular flexibility index (Phi) is 7.18. The summed E-state index contributed by atoms with van der Waals surface area (Å²) in [4.78, 5) is 11.9. The molecule has 0 aliphatic rings. The van der Waals surface area contributed by atoms with Crippen molar-refractivity contribution in [1.29, 1.82) is 0 Å². The van der Waals surface area contributed by atoms with Crippen LogP contribution >= 0.6 is 11.6 Å². The number of benzene rings is 1. The van der Waals surface area contributed by atoms with Crippen LogP contribution in [-0.2, 0) is 14.6 Å². The van der Waals surface area contributed by atoms with E-state index in [0.717, 1.165) is 25.7 Å². The third-order valence-electron chi connectivity index (χ3n) is 3.14. The average Bonchev–Trinajstić information content (AvgIpc) is 2.38. The Balaban J connectivity index is 2.55. The van der Waals surface area contributed by atoms with Crippen molar-refractivity contribution in [3.05, 3.63) is 29.3 Å². The van der Waals surface area contributed by atoms with Gasteiger partial charge in [-0.15, -0.1) is 0 Å². The van der Waals surface area contributed by atoms with Gasteiger partial charge in [-0.25, -0.2) is 8.42 Å². The molecule has 6 heteroatoms. The highest BCUT2D eigenvalue weighted by Gasteiger charge is 2.20. The molecule has 0 aliphatic carbocycles. The van der Waals surface area contributed by atoms with Crippen molar-refractivity contribution in [2.45, 2.75) is 50.5 Å². The lowest BCUT2D eigenvalue weighted by molar-refractivity contribution is -0.119. The Hall–Kier alpha value is -1.07. The summed E-state index contributed by atoms with van der Waals surface area (Å²) in [6, 6.07) is 5.81. The first kappa shape index (κ1) is 18.0. The van der Waals surface area contributed by atoms with Crippen molar-refractivity contribution in [3.63, 3.8) is 0 Å². The van der Waals surface area contributed by atoms with Crippen LogP contribution in [0.1, 0.15) is 39.5 Å². The number of nitrogens with one attached hydrogen (secondary N) is 1. The number of unbranched alkanes of at least 4 members (excludes halogenated alkanes) is 2. The Morgan fingerprint density at radius 1 is 1.24 bits per heavy atom. The van der Waals surface area contributed by atoms with Gasteiger partial charge in [0.05, 0.1) is 4.90 Å². The molecule has 0 fully saturated rings. The molecular formula is C15H22ClNO3S. The Morgan fingerprint density at radius 3 is 2.43 bits per heavy atom.